The van der Waals surface area contributed by atoms with Crippen LogP contribution in [0.15, 0.2) is 41.3 Å². The summed E-state index contributed by atoms with van der Waals surface area (Å²) in [5.41, 5.74) is 1.91. The second-order valence-electron chi connectivity index (χ2n) is 5.44. The molecule has 0 spiro atoms. The van der Waals surface area contributed by atoms with Crippen molar-refractivity contribution in [1.82, 2.24) is 4.72 Å². The van der Waals surface area contributed by atoms with Crippen LogP contribution in [0, 0.1) is 0 Å². The average molecular weight is 367 g/mol. The Morgan fingerprint density at radius 3 is 2.50 bits per heavy atom. The second-order valence-corrected chi connectivity index (χ2v) is 7.55. The number of nitrogens with one attached hydrogen (secondary N) is 2. The summed E-state index contributed by atoms with van der Waals surface area (Å²) in [6.07, 6.45) is 0.152. The molecule has 24 heavy (non-hydrogen) atoms. The first-order chi connectivity index (χ1) is 11.3. The van der Waals surface area contributed by atoms with Crippen LogP contribution in [0.3, 0.4) is 0 Å². The molecule has 3 N–H and O–H groups in total. The van der Waals surface area contributed by atoms with Gasteiger partial charge in [0.1, 0.15) is 4.90 Å². The molecule has 1 aliphatic heterocycles. The molecule has 0 aromatic heterocycles. The van der Waals surface area contributed by atoms with Crippen LogP contribution in [-0.2, 0) is 10.0 Å². The number of hydrogen-bond acceptors (Lipinski definition) is 4. The first kappa shape index (κ1) is 16.8. The predicted octanol–water partition coefficient (Wildman–Crippen LogP) is 3.15. The van der Waals surface area contributed by atoms with Crippen LogP contribution in [0.2, 0.25) is 5.02 Å². The number of aromatic carboxylic acids is 1. The standard InChI is InChI=1S/C16H15ClN2O4S/c1-2-14-18-15-12(9-3-5-10(6-4-9)16(20)21)7-11(17)8-13(15)24(22,23)19-14/h3-8,14,18-19H,2H2,1H3,(H,20,21). The molecule has 126 valence electrons. The molecule has 1 atom stereocenters. The van der Waals surface area contributed by atoms with Crippen molar-refractivity contribution in [2.75, 3.05) is 5.32 Å². The number of anilines is 1. The van der Waals surface area contributed by atoms with E-state index in [1.165, 1.54) is 18.2 Å². The Bertz CT molecular complexity index is 910. The summed E-state index contributed by atoms with van der Waals surface area (Å²) in [5, 5.41) is 12.5. The summed E-state index contributed by atoms with van der Waals surface area (Å²) in [7, 11) is -3.67. The Kier molecular flexibility index (Phi) is 4.25. The summed E-state index contributed by atoms with van der Waals surface area (Å²) in [6.45, 7) is 1.86. The third-order valence-electron chi connectivity index (χ3n) is 3.82. The van der Waals surface area contributed by atoms with E-state index < -0.39 is 22.2 Å². The van der Waals surface area contributed by atoms with Gasteiger partial charge < -0.3 is 10.4 Å². The normalized spacial score (nSPS) is 18.5. The molecule has 6 nitrogen and oxygen atoms in total. The van der Waals surface area contributed by atoms with Crippen LogP contribution in [0.1, 0.15) is 23.7 Å². The van der Waals surface area contributed by atoms with Gasteiger partial charge in [-0.2, -0.15) is 4.72 Å². The summed E-state index contributed by atoms with van der Waals surface area (Å²) < 4.78 is 27.4. The van der Waals surface area contributed by atoms with E-state index in [-0.39, 0.29) is 15.5 Å². The Labute approximate surface area is 144 Å². The van der Waals surface area contributed by atoms with Crippen molar-refractivity contribution in [1.29, 1.82) is 0 Å². The minimum atomic E-state index is -3.67. The monoisotopic (exact) mass is 366 g/mol. The predicted molar refractivity (Wildman–Crippen MR) is 91.9 cm³/mol. The quantitative estimate of drug-likeness (QED) is 0.775. The van der Waals surface area contributed by atoms with Crippen molar-refractivity contribution in [3.05, 3.63) is 47.0 Å². The fourth-order valence-corrected chi connectivity index (χ4v) is 4.33. The largest absolute Gasteiger partial charge is 0.478 e. The first-order valence-electron chi connectivity index (χ1n) is 7.28. The minimum absolute atomic E-state index is 0.0806. The van der Waals surface area contributed by atoms with E-state index in [1.807, 2.05) is 6.92 Å². The highest BCUT2D eigenvalue weighted by molar-refractivity contribution is 7.89. The summed E-state index contributed by atoms with van der Waals surface area (Å²) in [6, 6.07) is 9.26. The van der Waals surface area contributed by atoms with Gasteiger partial charge in [-0.1, -0.05) is 30.7 Å². The number of carboxylic acids is 1. The van der Waals surface area contributed by atoms with Crippen LogP contribution >= 0.6 is 11.6 Å². The fraction of sp³-hybridized carbons (Fsp3) is 0.188. The van der Waals surface area contributed by atoms with Gasteiger partial charge in [0.15, 0.2) is 0 Å². The molecule has 3 rings (SSSR count). The van der Waals surface area contributed by atoms with Crippen LogP contribution in [0.4, 0.5) is 5.69 Å². The van der Waals surface area contributed by atoms with Crippen molar-refractivity contribution in [3.8, 4) is 11.1 Å². The Hall–Kier alpha value is -2.09. The summed E-state index contributed by atoms with van der Waals surface area (Å²) in [5.74, 6) is -1.02. The van der Waals surface area contributed by atoms with E-state index in [9.17, 15) is 13.2 Å². The van der Waals surface area contributed by atoms with E-state index in [0.717, 1.165) is 0 Å². The van der Waals surface area contributed by atoms with E-state index in [1.54, 1.807) is 18.2 Å². The first-order valence-corrected chi connectivity index (χ1v) is 9.14. The van der Waals surface area contributed by atoms with Gasteiger partial charge in [-0.15, -0.1) is 0 Å². The number of rotatable bonds is 3. The number of benzene rings is 2. The molecule has 8 heteroatoms. The molecular formula is C16H15ClN2O4S. The van der Waals surface area contributed by atoms with E-state index >= 15 is 0 Å². The zero-order chi connectivity index (χ0) is 17.5. The maximum Gasteiger partial charge on any atom is 0.335 e. The zero-order valence-corrected chi connectivity index (χ0v) is 14.3. The molecule has 0 radical (unpaired) electrons. The summed E-state index contributed by atoms with van der Waals surface area (Å²) in [4.78, 5) is 11.1. The smallest absolute Gasteiger partial charge is 0.335 e. The van der Waals surface area contributed by atoms with Gasteiger partial charge in [-0.25, -0.2) is 13.2 Å². The molecule has 0 saturated carbocycles. The maximum atomic E-state index is 12.4. The number of fused-ring (bicyclic) bond motifs is 1. The lowest BCUT2D eigenvalue weighted by Gasteiger charge is -2.29. The number of carboxylic acid groups (broad SMARTS) is 1. The van der Waals surface area contributed by atoms with Gasteiger partial charge in [0.05, 0.1) is 17.4 Å². The van der Waals surface area contributed by atoms with Gasteiger partial charge in [0.2, 0.25) is 10.0 Å². The van der Waals surface area contributed by atoms with Crippen molar-refractivity contribution in [2.45, 2.75) is 24.4 Å². The number of hydrogen-bond donors (Lipinski definition) is 3. The lowest BCUT2D eigenvalue weighted by atomic mass is 10.0. The van der Waals surface area contributed by atoms with Crippen LogP contribution in [0.25, 0.3) is 11.1 Å². The molecule has 0 amide bonds. The SMILES string of the molecule is CCC1Nc2c(-c3ccc(C(=O)O)cc3)cc(Cl)cc2S(=O)(=O)N1. The second kappa shape index (κ2) is 6.08. The molecule has 1 aliphatic rings. The highest BCUT2D eigenvalue weighted by Crippen LogP contribution is 2.39. The van der Waals surface area contributed by atoms with Gasteiger partial charge in [0.25, 0.3) is 0 Å². The van der Waals surface area contributed by atoms with Crippen LogP contribution < -0.4 is 10.0 Å². The Morgan fingerprint density at radius 1 is 1.25 bits per heavy atom. The molecule has 1 unspecified atom stereocenters. The van der Waals surface area contributed by atoms with Gasteiger partial charge in [0, 0.05) is 10.6 Å². The molecule has 0 saturated heterocycles. The molecule has 2 aromatic rings. The Morgan fingerprint density at radius 2 is 1.92 bits per heavy atom. The van der Waals surface area contributed by atoms with Crippen molar-refractivity contribution in [2.24, 2.45) is 0 Å². The number of halogens is 1. The fourth-order valence-electron chi connectivity index (χ4n) is 2.60. The lowest BCUT2D eigenvalue weighted by molar-refractivity contribution is 0.0697. The zero-order valence-electron chi connectivity index (χ0n) is 12.7. The van der Waals surface area contributed by atoms with E-state index in [0.29, 0.717) is 23.2 Å². The highest BCUT2D eigenvalue weighted by atomic mass is 35.5. The maximum absolute atomic E-state index is 12.4. The van der Waals surface area contributed by atoms with Crippen molar-refractivity contribution in [3.63, 3.8) is 0 Å². The topological polar surface area (TPSA) is 95.5 Å². The van der Waals surface area contributed by atoms with Crippen molar-refractivity contribution < 1.29 is 18.3 Å². The molecule has 0 bridgehead atoms. The third-order valence-corrected chi connectivity index (χ3v) is 5.54. The number of carbonyl (C=O) groups is 1. The molecule has 1 heterocycles. The third kappa shape index (κ3) is 2.98. The molecule has 2 aromatic carbocycles. The van der Waals surface area contributed by atoms with Gasteiger partial charge in [-0.05, 0) is 36.2 Å². The molecular weight excluding hydrogens is 352 g/mol. The van der Waals surface area contributed by atoms with Crippen molar-refractivity contribution >= 4 is 33.3 Å². The minimum Gasteiger partial charge on any atom is -0.478 e. The Balaban J connectivity index is 2.19. The number of sulfonamides is 1. The highest BCUT2D eigenvalue weighted by Gasteiger charge is 2.30. The average Bonchev–Trinajstić information content (AvgIpc) is 2.54. The van der Waals surface area contributed by atoms with Gasteiger partial charge >= 0.3 is 5.97 Å². The van der Waals surface area contributed by atoms with Crippen LogP contribution in [0.5, 0.6) is 0 Å². The van der Waals surface area contributed by atoms with E-state index in [4.69, 9.17) is 16.7 Å². The van der Waals surface area contributed by atoms with E-state index in [2.05, 4.69) is 10.0 Å². The molecule has 0 aliphatic carbocycles. The van der Waals surface area contributed by atoms with Crippen LogP contribution in [-0.4, -0.2) is 25.7 Å². The molecule has 0 fully saturated rings. The summed E-state index contributed by atoms with van der Waals surface area (Å²) >= 11 is 6.10. The lowest BCUT2D eigenvalue weighted by Crippen LogP contribution is -2.44. The van der Waals surface area contributed by atoms with Gasteiger partial charge in [-0.3, -0.25) is 0 Å².